The Bertz CT molecular complexity index is 2380. The molecule has 0 fully saturated rings. The average Bonchev–Trinajstić information content (AvgIpc) is 0.918. The number of esters is 5. The van der Waals surface area contributed by atoms with Crippen LogP contribution in [0, 0.1) is 0 Å². The lowest BCUT2D eigenvalue weighted by Gasteiger charge is -2.22. The van der Waals surface area contributed by atoms with E-state index in [0.29, 0.717) is 45.1 Å². The van der Waals surface area contributed by atoms with Crippen LogP contribution in [0.2, 0.25) is 0 Å². The van der Waals surface area contributed by atoms with Gasteiger partial charge in [0.05, 0.1) is 7.11 Å². The van der Waals surface area contributed by atoms with Gasteiger partial charge in [-0.25, -0.2) is 26.3 Å². The molecule has 0 radical (unpaired) electrons. The van der Waals surface area contributed by atoms with E-state index in [2.05, 4.69) is 84.7 Å². The molecule has 0 aromatic rings. The molecule has 2 unspecified atom stereocenters. The highest BCUT2D eigenvalue weighted by Crippen LogP contribution is 2.24. The van der Waals surface area contributed by atoms with Crippen LogP contribution >= 0.6 is 0 Å². The third-order valence-electron chi connectivity index (χ3n) is 23.9. The highest BCUT2D eigenvalue weighted by Gasteiger charge is 2.21. The van der Waals surface area contributed by atoms with Crippen LogP contribution in [0.3, 0.4) is 0 Å². The van der Waals surface area contributed by atoms with Gasteiger partial charge in [-0.3, -0.25) is 28.8 Å². The SMILES string of the molecule is CCCCCCCCC(CC)OC(=O)CCCCCCCN(CCCCCCCC(=O)OC(CCCCCCCC)CCCCCCCC)CCCNS(=O)(=O)CC(=O)NC.CCCCCCCCC(CC)OC(=O)CCCCCCCN(CCCCCCCC(=O)OC(CCCCCCCC)CCCCCCCC)CCCNS(=O)(=O)CC(=O)OC. The summed E-state index contributed by atoms with van der Waals surface area (Å²) in [6.45, 7) is 23.6. The van der Waals surface area contributed by atoms with Crippen molar-refractivity contribution in [1.29, 1.82) is 0 Å². The van der Waals surface area contributed by atoms with Gasteiger partial charge in [-0.15, -0.1) is 0 Å². The van der Waals surface area contributed by atoms with Gasteiger partial charge in [0, 0.05) is 45.8 Å². The topological polar surface area (TPSA) is 259 Å². The van der Waals surface area contributed by atoms with E-state index in [-0.39, 0.29) is 54.8 Å². The molecule has 22 heteroatoms. The molecule has 20 nitrogen and oxygen atoms in total. The molecule has 0 aromatic carbocycles. The Balaban J connectivity index is 0. The first-order chi connectivity index (χ1) is 59.2. The van der Waals surface area contributed by atoms with Gasteiger partial charge >= 0.3 is 29.8 Å². The lowest BCUT2D eigenvalue weighted by atomic mass is 10.0. The van der Waals surface area contributed by atoms with Crippen molar-refractivity contribution in [2.24, 2.45) is 0 Å². The van der Waals surface area contributed by atoms with E-state index in [1.54, 1.807) is 0 Å². The summed E-state index contributed by atoms with van der Waals surface area (Å²) in [7, 11) is -4.75. The van der Waals surface area contributed by atoms with Crippen molar-refractivity contribution in [3.05, 3.63) is 0 Å². The summed E-state index contributed by atoms with van der Waals surface area (Å²) in [4.78, 5) is 78.6. The third kappa shape index (κ3) is 86.0. The van der Waals surface area contributed by atoms with Gasteiger partial charge in [-0.2, -0.15) is 0 Å². The molecule has 724 valence electrons. The van der Waals surface area contributed by atoms with Crippen LogP contribution in [0.15, 0.2) is 0 Å². The zero-order valence-corrected chi connectivity index (χ0v) is 82.8. The van der Waals surface area contributed by atoms with Crippen LogP contribution < -0.4 is 14.8 Å². The maximum atomic E-state index is 12.8. The Hall–Kier alpha value is -3.44. The van der Waals surface area contributed by atoms with Crippen LogP contribution in [0.5, 0.6) is 0 Å². The van der Waals surface area contributed by atoms with E-state index < -0.39 is 43.4 Å². The zero-order valence-electron chi connectivity index (χ0n) is 81.2. The number of rotatable bonds is 94. The first-order valence-corrected chi connectivity index (χ1v) is 55.0. The lowest BCUT2D eigenvalue weighted by molar-refractivity contribution is -0.151. The lowest BCUT2D eigenvalue weighted by Crippen LogP contribution is -2.36. The maximum Gasteiger partial charge on any atom is 0.322 e. The molecule has 3 N–H and O–H groups in total. The normalized spacial score (nSPS) is 12.3. The second-order valence-electron chi connectivity index (χ2n) is 35.6. The van der Waals surface area contributed by atoms with Crippen LogP contribution in [0.4, 0.5) is 0 Å². The van der Waals surface area contributed by atoms with Crippen molar-refractivity contribution in [3.63, 3.8) is 0 Å². The number of nitrogens with zero attached hydrogens (tertiary/aromatic N) is 2. The van der Waals surface area contributed by atoms with Crippen LogP contribution in [0.1, 0.15) is 505 Å². The second kappa shape index (κ2) is 90.9. The summed E-state index contributed by atoms with van der Waals surface area (Å²) in [6.07, 6.45) is 76.9. The van der Waals surface area contributed by atoms with Gasteiger partial charge in [-0.1, -0.05) is 325 Å². The number of methoxy groups -OCH3 is 1. The van der Waals surface area contributed by atoms with Gasteiger partial charge in [0.2, 0.25) is 26.0 Å². The van der Waals surface area contributed by atoms with Gasteiger partial charge in [0.15, 0.2) is 5.75 Å². The zero-order chi connectivity index (χ0) is 90.2. The predicted molar refractivity (Wildman–Crippen MR) is 511 cm³/mol. The molecule has 0 heterocycles. The van der Waals surface area contributed by atoms with Gasteiger partial charge in [-0.05, 0) is 193 Å². The van der Waals surface area contributed by atoms with Crippen molar-refractivity contribution in [2.75, 3.05) is 78.0 Å². The van der Waals surface area contributed by atoms with Crippen LogP contribution in [-0.4, -0.2) is 165 Å². The highest BCUT2D eigenvalue weighted by atomic mass is 32.2. The molecule has 0 spiro atoms. The summed E-state index contributed by atoms with van der Waals surface area (Å²) in [5.41, 5.74) is 0. The molecule has 0 saturated carbocycles. The second-order valence-corrected chi connectivity index (χ2v) is 39.2. The molecule has 0 saturated heterocycles. The molecule has 1 amide bonds. The Morgan fingerprint density at radius 3 is 0.697 bits per heavy atom. The summed E-state index contributed by atoms with van der Waals surface area (Å²) in [5, 5.41) is 2.37. The van der Waals surface area contributed by atoms with Crippen molar-refractivity contribution in [1.82, 2.24) is 24.6 Å². The number of ether oxygens (including phenoxy) is 5. The molecule has 0 aliphatic heterocycles. The molecular formula is C100H197N5O15S2. The summed E-state index contributed by atoms with van der Waals surface area (Å²) < 4.78 is 82.2. The third-order valence-corrected chi connectivity index (χ3v) is 26.4. The summed E-state index contributed by atoms with van der Waals surface area (Å²) in [5.74, 6) is -2.68. The van der Waals surface area contributed by atoms with Gasteiger partial charge in [0.25, 0.3) is 0 Å². The fraction of sp³-hybridized carbons (Fsp3) is 0.940. The molecule has 0 rings (SSSR count). The Kier molecular flexibility index (Phi) is 89.9. The molecule has 0 bridgehead atoms. The van der Waals surface area contributed by atoms with Gasteiger partial charge < -0.3 is 38.8 Å². The smallest absolute Gasteiger partial charge is 0.322 e. The van der Waals surface area contributed by atoms with E-state index in [9.17, 15) is 45.6 Å². The maximum absolute atomic E-state index is 12.8. The minimum atomic E-state index is -3.71. The number of carbonyl (C=O) groups is 6. The predicted octanol–water partition coefficient (Wildman–Crippen LogP) is 25.4. The largest absolute Gasteiger partial charge is 0.468 e. The Morgan fingerprint density at radius 1 is 0.254 bits per heavy atom. The van der Waals surface area contributed by atoms with Crippen LogP contribution in [-0.2, 0) is 72.5 Å². The molecule has 0 aromatic heterocycles. The molecule has 0 aliphatic carbocycles. The summed E-state index contributed by atoms with van der Waals surface area (Å²) in [6, 6.07) is 0. The number of unbranched alkanes of at least 4 members (excludes halogenated alkanes) is 46. The van der Waals surface area contributed by atoms with Crippen molar-refractivity contribution < 1.29 is 69.3 Å². The number of sulfonamides is 2. The van der Waals surface area contributed by atoms with Crippen LogP contribution in [0.25, 0.3) is 0 Å². The highest BCUT2D eigenvalue weighted by molar-refractivity contribution is 7.90. The average molecular weight is 1770 g/mol. The van der Waals surface area contributed by atoms with Crippen molar-refractivity contribution >= 4 is 55.8 Å². The minimum absolute atomic E-state index is 0.0250. The molecule has 122 heavy (non-hydrogen) atoms. The fourth-order valence-corrected chi connectivity index (χ4v) is 18.0. The van der Waals surface area contributed by atoms with E-state index >= 15 is 0 Å². The molecule has 0 aliphatic rings. The number of carbonyl (C=O) groups excluding carboxylic acids is 6. The first-order valence-electron chi connectivity index (χ1n) is 51.6. The van der Waals surface area contributed by atoms with E-state index in [1.807, 2.05) is 0 Å². The Labute approximate surface area is 752 Å². The number of hydrogen-bond acceptors (Lipinski definition) is 17. The minimum Gasteiger partial charge on any atom is -0.468 e. The standard InChI is InChI=1S/C50H99N3O7S.C50H98N2O8S/c1-6-10-13-16-21-28-36-46(9-4)59-49(55)39-31-24-19-26-33-42-53(44-35-41-52-61(57,58)45-48(54)51-5)43-34-27-20-25-32-40-50(56)60-47(37-29-22-17-14-11-7-2)38-30-23-18-15-12-8-3;1-6-10-13-16-21-28-36-46(9-4)59-48(53)39-31-24-19-26-33-42-52(44-35-41-51-61(56,57)45-50(55)58-5)43-34-27-20-25-32-40-49(54)60-47(37-29-22-17-14-11-7-2)38-30-23-18-15-12-8-3/h46-47,52H,6-45H2,1-5H3,(H,51,54);46-47,51H,6-45H2,1-5H3. The monoisotopic (exact) mass is 1770 g/mol. The summed E-state index contributed by atoms with van der Waals surface area (Å²) >= 11 is 0. The number of hydrogen-bond donors (Lipinski definition) is 3. The number of amides is 1. The fourth-order valence-electron chi connectivity index (χ4n) is 15.9. The van der Waals surface area contributed by atoms with Crippen molar-refractivity contribution in [3.8, 4) is 0 Å². The molecule has 2 atom stereocenters. The molecular weight excluding hydrogens is 1580 g/mol. The number of nitrogens with one attached hydrogen (secondary N) is 3. The van der Waals surface area contributed by atoms with E-state index in [4.69, 9.17) is 18.9 Å². The Morgan fingerprint density at radius 2 is 0.459 bits per heavy atom. The van der Waals surface area contributed by atoms with Gasteiger partial charge in [0.1, 0.15) is 30.2 Å². The quantitative estimate of drug-likeness (QED) is 0.0290. The van der Waals surface area contributed by atoms with E-state index in [0.717, 1.165) is 258 Å². The first kappa shape index (κ1) is 121. The van der Waals surface area contributed by atoms with Crippen molar-refractivity contribution in [2.45, 2.75) is 529 Å². The van der Waals surface area contributed by atoms with E-state index in [1.165, 1.54) is 207 Å².